The predicted octanol–water partition coefficient (Wildman–Crippen LogP) is 3.99. The molecule has 3 amide bonds. The maximum Gasteiger partial charge on any atom is 0.329 e. The van der Waals surface area contributed by atoms with Crippen molar-refractivity contribution >= 4 is 45.9 Å². The smallest absolute Gasteiger partial charge is 0.329 e. The van der Waals surface area contributed by atoms with Crippen molar-refractivity contribution in [3.8, 4) is 11.8 Å². The zero-order valence-corrected chi connectivity index (χ0v) is 34.9. The van der Waals surface area contributed by atoms with E-state index in [2.05, 4.69) is 42.5 Å². The Balaban J connectivity index is 0.694. The van der Waals surface area contributed by atoms with E-state index in [9.17, 15) is 28.0 Å². The standard InChI is InChI=1S/C44H49F2N11O6/c1-52-34-9-6-26(19-36(34)57(44(52)61)35-10-11-38(58)50-43(35)60)3-2-18-62-30-12-15-53(16-13-30)22-27-4-7-28(8-5-27)56-24-33(39(51-56)40(45)46)48-42(59)32-21-47-55-17-14-37(49-41(32)55)54-23-31-20-29(54)25-63-31/h6,9,14,17,19,21,24,27-31,35,40H,4-5,7-8,10-13,15-16,18,20,22-23,25H2,1H3,(H,48,59)(H,50,58,60)/t27?,28?,29-,31-,35?/m1/s1. The Bertz CT molecular complexity index is 2700. The van der Waals surface area contributed by atoms with Gasteiger partial charge in [0.15, 0.2) is 11.3 Å². The zero-order valence-electron chi connectivity index (χ0n) is 34.9. The number of aromatic nitrogens is 7. The zero-order chi connectivity index (χ0) is 43.4. The average Bonchev–Trinajstić information content (AvgIpc) is 4.13. The lowest BCUT2D eigenvalue weighted by atomic mass is 9.85. The highest BCUT2D eigenvalue weighted by atomic mass is 19.3. The summed E-state index contributed by atoms with van der Waals surface area (Å²) in [7, 11) is 1.66. The van der Waals surface area contributed by atoms with Crippen molar-refractivity contribution in [2.75, 3.05) is 49.6 Å². The molecule has 4 saturated heterocycles. The highest BCUT2D eigenvalue weighted by molar-refractivity contribution is 6.08. The third-order valence-corrected chi connectivity index (χ3v) is 13.5. The molecule has 5 aromatic rings. The summed E-state index contributed by atoms with van der Waals surface area (Å²) in [6, 6.07) is 6.76. The Morgan fingerprint density at radius 1 is 1.05 bits per heavy atom. The molecule has 17 nitrogen and oxygen atoms in total. The highest BCUT2D eigenvalue weighted by Crippen LogP contribution is 2.36. The number of piperidine rings is 2. The number of likely N-dealkylation sites (tertiary alicyclic amines) is 1. The third kappa shape index (κ3) is 8.11. The van der Waals surface area contributed by atoms with Crippen LogP contribution in [0.1, 0.15) is 97.9 Å². The SMILES string of the molecule is Cn1c(=O)n(C2CCC(=O)NC2=O)c2cc(C#CCOC3CCN(CC4CCC(n5cc(NC(=O)c6cnn7ccc(N8C[C@H]9C[C@@H]8CO9)nc67)c(C(F)F)n5)CC4)CC3)ccc21. The molecule has 19 heteroatoms. The van der Waals surface area contributed by atoms with Crippen molar-refractivity contribution in [3.05, 3.63) is 70.2 Å². The number of halogens is 2. The molecular weight excluding hydrogens is 817 g/mol. The van der Waals surface area contributed by atoms with Gasteiger partial charge in [-0.2, -0.15) is 10.2 Å². The summed E-state index contributed by atoms with van der Waals surface area (Å²) >= 11 is 0. The molecule has 1 saturated carbocycles. The van der Waals surface area contributed by atoms with Crippen molar-refractivity contribution < 1.29 is 32.6 Å². The first-order chi connectivity index (χ1) is 30.6. The van der Waals surface area contributed by atoms with Crippen LogP contribution in [0.4, 0.5) is 20.3 Å². The molecule has 10 rings (SSSR count). The van der Waals surface area contributed by atoms with Gasteiger partial charge >= 0.3 is 5.69 Å². The van der Waals surface area contributed by atoms with Gasteiger partial charge in [0.05, 0.1) is 53.8 Å². The minimum absolute atomic E-state index is 0.00924. The maximum absolute atomic E-state index is 14.3. The second kappa shape index (κ2) is 17.0. The largest absolute Gasteiger partial charge is 0.374 e. The summed E-state index contributed by atoms with van der Waals surface area (Å²) in [5, 5.41) is 13.6. The minimum atomic E-state index is -2.86. The van der Waals surface area contributed by atoms with Crippen molar-refractivity contribution in [2.45, 2.75) is 94.5 Å². The molecule has 63 heavy (non-hydrogen) atoms. The van der Waals surface area contributed by atoms with E-state index >= 15 is 0 Å². The predicted molar refractivity (Wildman–Crippen MR) is 226 cm³/mol. The number of fused-ring (bicyclic) bond motifs is 4. The van der Waals surface area contributed by atoms with E-state index in [1.54, 1.807) is 24.0 Å². The Morgan fingerprint density at radius 3 is 2.62 bits per heavy atom. The fraction of sp³-hybridized carbons (Fsp3) is 0.523. The average molecular weight is 866 g/mol. The summed E-state index contributed by atoms with van der Waals surface area (Å²) in [5.74, 6) is 6.08. The number of aryl methyl sites for hydroxylation is 1. The maximum atomic E-state index is 14.3. The molecule has 0 radical (unpaired) electrons. The van der Waals surface area contributed by atoms with Gasteiger partial charge in [-0.3, -0.25) is 33.5 Å². The third-order valence-electron chi connectivity index (χ3n) is 13.5. The molecule has 4 aromatic heterocycles. The normalized spacial score (nSPS) is 24.4. The molecule has 0 spiro atoms. The number of morpholine rings is 1. The number of hydrogen-bond acceptors (Lipinski definition) is 11. The fourth-order valence-corrected chi connectivity index (χ4v) is 10.1. The van der Waals surface area contributed by atoms with Gasteiger partial charge < -0.3 is 24.6 Å². The van der Waals surface area contributed by atoms with E-state index < -0.39 is 30.0 Å². The van der Waals surface area contributed by atoms with Crippen LogP contribution in [-0.2, 0) is 26.1 Å². The van der Waals surface area contributed by atoms with E-state index in [1.807, 2.05) is 18.2 Å². The van der Waals surface area contributed by atoms with Crippen LogP contribution in [0.5, 0.6) is 0 Å². The van der Waals surface area contributed by atoms with Crippen LogP contribution in [0, 0.1) is 17.8 Å². The Hall–Kier alpha value is -5.97. The van der Waals surface area contributed by atoms with E-state index in [0.717, 1.165) is 76.9 Å². The van der Waals surface area contributed by atoms with Crippen LogP contribution in [0.25, 0.3) is 16.7 Å². The monoisotopic (exact) mass is 865 g/mol. The molecule has 1 aromatic carbocycles. The van der Waals surface area contributed by atoms with Crippen molar-refractivity contribution in [2.24, 2.45) is 13.0 Å². The topological polar surface area (TPSA) is 175 Å². The molecule has 8 heterocycles. The van der Waals surface area contributed by atoms with Crippen LogP contribution in [-0.4, -0.2) is 114 Å². The number of rotatable bonds is 10. The van der Waals surface area contributed by atoms with Gasteiger partial charge in [-0.15, -0.1) is 0 Å². The van der Waals surface area contributed by atoms with Gasteiger partial charge in [0.25, 0.3) is 12.3 Å². The number of nitrogens with one attached hydrogen (secondary N) is 2. The van der Waals surface area contributed by atoms with E-state index in [4.69, 9.17) is 14.5 Å². The van der Waals surface area contributed by atoms with Crippen molar-refractivity contribution in [1.29, 1.82) is 0 Å². The first-order valence-corrected chi connectivity index (χ1v) is 21.8. The lowest BCUT2D eigenvalue weighted by Gasteiger charge is -2.36. The number of benzene rings is 1. The number of alkyl halides is 2. The first-order valence-electron chi connectivity index (χ1n) is 21.8. The second-order valence-corrected chi connectivity index (χ2v) is 17.4. The summed E-state index contributed by atoms with van der Waals surface area (Å²) < 4.78 is 46.5. The fourth-order valence-electron chi connectivity index (χ4n) is 10.1. The molecule has 5 aliphatic rings. The molecular formula is C44H49F2N11O6. The lowest BCUT2D eigenvalue weighted by molar-refractivity contribution is -0.135. The molecule has 2 bridgehead atoms. The molecule has 4 aliphatic heterocycles. The van der Waals surface area contributed by atoms with Crippen LogP contribution >= 0.6 is 0 Å². The van der Waals surface area contributed by atoms with Gasteiger partial charge in [0, 0.05) is 57.6 Å². The van der Waals surface area contributed by atoms with E-state index in [-0.39, 0.29) is 66.6 Å². The Morgan fingerprint density at radius 2 is 1.87 bits per heavy atom. The van der Waals surface area contributed by atoms with Crippen LogP contribution < -0.4 is 21.2 Å². The number of imide groups is 1. The van der Waals surface area contributed by atoms with Gasteiger partial charge in [-0.05, 0) is 81.5 Å². The molecule has 3 atom stereocenters. The lowest BCUT2D eigenvalue weighted by Crippen LogP contribution is -2.44. The summed E-state index contributed by atoms with van der Waals surface area (Å²) in [4.78, 5) is 60.3. The molecule has 5 fully saturated rings. The van der Waals surface area contributed by atoms with Gasteiger partial charge in [-0.1, -0.05) is 11.8 Å². The Kier molecular flexibility index (Phi) is 11.1. The quantitative estimate of drug-likeness (QED) is 0.154. The van der Waals surface area contributed by atoms with Crippen LogP contribution in [0.3, 0.4) is 0 Å². The van der Waals surface area contributed by atoms with Gasteiger partial charge in [0.2, 0.25) is 11.8 Å². The number of nitrogens with zero attached hydrogens (tertiary/aromatic N) is 9. The Labute approximate surface area is 360 Å². The highest BCUT2D eigenvalue weighted by Gasteiger charge is 2.40. The van der Waals surface area contributed by atoms with Gasteiger partial charge in [-0.25, -0.2) is 23.1 Å². The summed E-state index contributed by atoms with van der Waals surface area (Å²) in [6.07, 6.45) is 8.78. The van der Waals surface area contributed by atoms with E-state index in [0.29, 0.717) is 34.8 Å². The number of amides is 3. The number of carbonyl (C=O) groups excluding carboxylic acids is 3. The first kappa shape index (κ1) is 41.1. The molecule has 1 aliphatic carbocycles. The molecule has 1 unspecified atom stereocenters. The van der Waals surface area contributed by atoms with Crippen molar-refractivity contribution in [3.63, 3.8) is 0 Å². The minimum Gasteiger partial charge on any atom is -0.374 e. The van der Waals surface area contributed by atoms with Crippen LogP contribution in [0.15, 0.2) is 47.7 Å². The molecule has 2 N–H and O–H groups in total. The molecule has 330 valence electrons. The van der Waals surface area contributed by atoms with E-state index in [1.165, 1.54) is 26.0 Å². The number of hydrogen-bond donors (Lipinski definition) is 2. The second-order valence-electron chi connectivity index (χ2n) is 17.4. The van der Waals surface area contributed by atoms with Gasteiger partial charge in [0.1, 0.15) is 24.0 Å². The van der Waals surface area contributed by atoms with Crippen molar-refractivity contribution in [1.82, 2.24) is 43.7 Å². The summed E-state index contributed by atoms with van der Waals surface area (Å²) in [6.45, 7) is 4.44. The number of imidazole rings is 1. The number of ether oxygens (including phenoxy) is 2. The van der Waals surface area contributed by atoms with Crippen LogP contribution in [0.2, 0.25) is 0 Å². The number of carbonyl (C=O) groups is 3. The summed E-state index contributed by atoms with van der Waals surface area (Å²) in [5.41, 5.74) is 1.73. The number of anilines is 2.